The lowest BCUT2D eigenvalue weighted by Gasteiger charge is -2.36. The van der Waals surface area contributed by atoms with Crippen LogP contribution in [0.5, 0.6) is 0 Å². The average Bonchev–Trinajstić information content (AvgIpc) is 2.56. The predicted octanol–water partition coefficient (Wildman–Crippen LogP) is 1.15. The molecule has 2 atom stereocenters. The summed E-state index contributed by atoms with van der Waals surface area (Å²) >= 11 is 0. The highest BCUT2D eigenvalue weighted by atomic mass is 16.6. The molecule has 0 aliphatic carbocycles. The molecule has 0 saturated carbocycles. The third-order valence-electron chi connectivity index (χ3n) is 3.60. The van der Waals surface area contributed by atoms with Gasteiger partial charge in [0.05, 0.1) is 0 Å². The zero-order valence-corrected chi connectivity index (χ0v) is 11.8. The maximum atomic E-state index is 12.1. The van der Waals surface area contributed by atoms with Crippen molar-refractivity contribution in [2.45, 2.75) is 51.3 Å². The van der Waals surface area contributed by atoms with Crippen molar-refractivity contribution in [1.82, 2.24) is 9.80 Å². The Balaban J connectivity index is 2.04. The van der Waals surface area contributed by atoms with Gasteiger partial charge in [-0.3, -0.25) is 9.80 Å². The first-order valence-electron chi connectivity index (χ1n) is 6.74. The Bertz CT molecular complexity index is 373. The fourth-order valence-corrected chi connectivity index (χ4v) is 2.54. The third-order valence-corrected chi connectivity index (χ3v) is 3.60. The Morgan fingerprint density at radius 3 is 2.32 bits per heavy atom. The lowest BCUT2D eigenvalue weighted by molar-refractivity contribution is -0.142. The van der Waals surface area contributed by atoms with Crippen LogP contribution in [0.1, 0.15) is 33.6 Å². The second-order valence-electron chi connectivity index (χ2n) is 6.27. The highest BCUT2D eigenvalue weighted by Gasteiger charge is 2.44. The van der Waals surface area contributed by atoms with E-state index >= 15 is 0 Å². The second kappa shape index (κ2) is 5.00. The number of ether oxygens (including phenoxy) is 1. The summed E-state index contributed by atoms with van der Waals surface area (Å²) in [6, 6.07) is -0.609. The molecular formula is C13H22N2O4. The van der Waals surface area contributed by atoms with Crippen LogP contribution in [0.15, 0.2) is 0 Å². The van der Waals surface area contributed by atoms with E-state index in [1.165, 1.54) is 4.90 Å². The van der Waals surface area contributed by atoms with Crippen molar-refractivity contribution < 1.29 is 19.4 Å². The van der Waals surface area contributed by atoms with Gasteiger partial charge in [0, 0.05) is 12.6 Å². The predicted molar refractivity (Wildman–Crippen MR) is 69.0 cm³/mol. The molecule has 0 aromatic carbocycles. The Labute approximate surface area is 113 Å². The third kappa shape index (κ3) is 3.18. The highest BCUT2D eigenvalue weighted by Crippen LogP contribution is 2.27. The van der Waals surface area contributed by atoms with Crippen LogP contribution in [-0.4, -0.2) is 64.3 Å². The smallest absolute Gasteiger partial charge is 0.411 e. The summed E-state index contributed by atoms with van der Waals surface area (Å²) in [7, 11) is 0. The lowest BCUT2D eigenvalue weighted by Crippen LogP contribution is -2.47. The van der Waals surface area contributed by atoms with E-state index in [2.05, 4.69) is 4.90 Å². The number of rotatable bonds is 2. The molecule has 0 aromatic rings. The number of hydrogen-bond donors (Lipinski definition) is 1. The van der Waals surface area contributed by atoms with Crippen molar-refractivity contribution in [3.8, 4) is 0 Å². The average molecular weight is 270 g/mol. The molecule has 6 heteroatoms. The van der Waals surface area contributed by atoms with Gasteiger partial charge in [0.25, 0.3) is 0 Å². The van der Waals surface area contributed by atoms with E-state index < -0.39 is 23.7 Å². The van der Waals surface area contributed by atoms with Crippen molar-refractivity contribution in [2.75, 3.05) is 19.6 Å². The zero-order valence-electron chi connectivity index (χ0n) is 11.8. The number of hydrogen-bond acceptors (Lipinski definition) is 4. The van der Waals surface area contributed by atoms with Gasteiger partial charge in [-0.25, -0.2) is 9.59 Å². The van der Waals surface area contributed by atoms with Gasteiger partial charge in [-0.15, -0.1) is 0 Å². The lowest BCUT2D eigenvalue weighted by atomic mass is 10.1. The van der Waals surface area contributed by atoms with E-state index in [1.807, 2.05) is 0 Å². The van der Waals surface area contributed by atoms with Crippen molar-refractivity contribution in [1.29, 1.82) is 0 Å². The minimum atomic E-state index is -0.950. The molecule has 1 unspecified atom stereocenters. The van der Waals surface area contributed by atoms with Crippen LogP contribution in [0.25, 0.3) is 0 Å². The van der Waals surface area contributed by atoms with Crippen LogP contribution in [0.4, 0.5) is 4.79 Å². The Hall–Kier alpha value is -1.30. The largest absolute Gasteiger partial charge is 0.480 e. The number of carbonyl (C=O) groups excluding carboxylic acids is 1. The van der Waals surface area contributed by atoms with Gasteiger partial charge >= 0.3 is 12.1 Å². The van der Waals surface area contributed by atoms with Crippen LogP contribution < -0.4 is 0 Å². The molecule has 0 aromatic heterocycles. The van der Waals surface area contributed by atoms with Crippen molar-refractivity contribution in [2.24, 2.45) is 0 Å². The number of carbonyl (C=O) groups is 2. The first-order valence-corrected chi connectivity index (χ1v) is 6.74. The summed E-state index contributed by atoms with van der Waals surface area (Å²) in [5, 5.41) is 9.25. The summed E-state index contributed by atoms with van der Waals surface area (Å²) < 4.78 is 5.29. The Morgan fingerprint density at radius 1 is 1.26 bits per heavy atom. The van der Waals surface area contributed by atoms with Crippen molar-refractivity contribution in [3.63, 3.8) is 0 Å². The first kappa shape index (κ1) is 14.1. The molecule has 19 heavy (non-hydrogen) atoms. The molecule has 6 nitrogen and oxygen atoms in total. The van der Waals surface area contributed by atoms with Crippen LogP contribution in [0.2, 0.25) is 0 Å². The van der Waals surface area contributed by atoms with E-state index in [4.69, 9.17) is 4.74 Å². The highest BCUT2D eigenvalue weighted by molar-refractivity contribution is 5.81. The molecule has 0 radical (unpaired) electrons. The molecule has 1 amide bonds. The van der Waals surface area contributed by atoms with Gasteiger partial charge in [0.2, 0.25) is 0 Å². The molecule has 108 valence electrons. The van der Waals surface area contributed by atoms with Crippen molar-refractivity contribution in [3.05, 3.63) is 0 Å². The molecule has 2 aliphatic rings. The zero-order chi connectivity index (χ0) is 14.2. The molecule has 2 heterocycles. The van der Waals surface area contributed by atoms with Gasteiger partial charge in [0.15, 0.2) is 0 Å². The number of aliphatic carboxylic acids is 1. The molecule has 2 saturated heterocycles. The first-order chi connectivity index (χ1) is 8.78. The Kier molecular flexibility index (Phi) is 3.71. The number of carboxylic acids is 1. The van der Waals surface area contributed by atoms with E-state index in [9.17, 15) is 14.7 Å². The summed E-state index contributed by atoms with van der Waals surface area (Å²) in [4.78, 5) is 27.0. The summed E-state index contributed by atoms with van der Waals surface area (Å²) in [5.74, 6) is -0.950. The minimum Gasteiger partial charge on any atom is -0.480 e. The summed E-state index contributed by atoms with van der Waals surface area (Å²) in [6.07, 6.45) is 1.12. The molecule has 1 N–H and O–H groups in total. The van der Waals surface area contributed by atoms with E-state index in [0.717, 1.165) is 19.5 Å². The maximum Gasteiger partial charge on any atom is 0.411 e. The Morgan fingerprint density at radius 2 is 1.89 bits per heavy atom. The van der Waals surface area contributed by atoms with Crippen molar-refractivity contribution >= 4 is 12.1 Å². The quantitative estimate of drug-likeness (QED) is 0.815. The molecule has 2 fully saturated rings. The monoisotopic (exact) mass is 270 g/mol. The summed E-state index contributed by atoms with van der Waals surface area (Å²) in [5.41, 5.74) is -0.602. The maximum absolute atomic E-state index is 12.1. The molecule has 0 spiro atoms. The second-order valence-corrected chi connectivity index (χ2v) is 6.27. The topological polar surface area (TPSA) is 70.1 Å². The van der Waals surface area contributed by atoms with Gasteiger partial charge in [-0.05, 0) is 46.7 Å². The van der Waals surface area contributed by atoms with E-state index in [1.54, 1.807) is 20.8 Å². The van der Waals surface area contributed by atoms with Crippen LogP contribution >= 0.6 is 0 Å². The van der Waals surface area contributed by atoms with Gasteiger partial charge in [0.1, 0.15) is 11.6 Å². The number of likely N-dealkylation sites (tertiary alicyclic amines) is 2. The van der Waals surface area contributed by atoms with Crippen LogP contribution in [-0.2, 0) is 9.53 Å². The number of amides is 1. The SMILES string of the molecule is CC(C)(C)OC(=O)N1C[C@H](N2CCC2)CC1C(=O)O. The van der Waals surface area contributed by atoms with E-state index in [0.29, 0.717) is 13.0 Å². The summed E-state index contributed by atoms with van der Waals surface area (Å²) in [6.45, 7) is 7.79. The van der Waals surface area contributed by atoms with Gasteiger partial charge in [-0.2, -0.15) is 0 Å². The normalized spacial score (nSPS) is 28.1. The van der Waals surface area contributed by atoms with E-state index in [-0.39, 0.29) is 6.04 Å². The number of carboxylic acid groups (broad SMARTS) is 1. The molecule has 2 aliphatic heterocycles. The van der Waals surface area contributed by atoms with Gasteiger partial charge < -0.3 is 9.84 Å². The fraction of sp³-hybridized carbons (Fsp3) is 0.846. The standard InChI is InChI=1S/C13H22N2O4/c1-13(2,3)19-12(18)15-8-9(14-5-4-6-14)7-10(15)11(16)17/h9-10H,4-8H2,1-3H3,(H,16,17)/t9-,10?/m1/s1. The van der Waals surface area contributed by atoms with Crippen LogP contribution in [0.3, 0.4) is 0 Å². The van der Waals surface area contributed by atoms with Crippen LogP contribution in [0, 0.1) is 0 Å². The minimum absolute atomic E-state index is 0.155. The van der Waals surface area contributed by atoms with Gasteiger partial charge in [-0.1, -0.05) is 0 Å². The molecular weight excluding hydrogens is 248 g/mol. The number of nitrogens with zero attached hydrogens (tertiary/aromatic N) is 2. The molecule has 2 rings (SSSR count). The fourth-order valence-electron chi connectivity index (χ4n) is 2.54. The molecule has 0 bridgehead atoms.